The first-order valence-electron chi connectivity index (χ1n) is 6.45. The molecule has 0 heterocycles. The number of hydrogen-bond acceptors (Lipinski definition) is 2. The van der Waals surface area contributed by atoms with Gasteiger partial charge < -0.3 is 0 Å². The summed E-state index contributed by atoms with van der Waals surface area (Å²) in [7, 11) is 1.77. The summed E-state index contributed by atoms with van der Waals surface area (Å²) in [6.45, 7) is 2.06. The van der Waals surface area contributed by atoms with E-state index in [1.54, 1.807) is 13.1 Å². The summed E-state index contributed by atoms with van der Waals surface area (Å²) in [5, 5.41) is 8.97. The van der Waals surface area contributed by atoms with Gasteiger partial charge in [-0.2, -0.15) is 5.26 Å². The minimum absolute atomic E-state index is 0.648. The molecule has 98 valence electrons. The van der Waals surface area contributed by atoms with Crippen molar-refractivity contribution in [2.45, 2.75) is 6.92 Å². The molecule has 2 nitrogen and oxygen atoms in total. The number of aliphatic imine (C=N–C) groups is 1. The third-order valence-corrected chi connectivity index (χ3v) is 3.11. The fourth-order valence-electron chi connectivity index (χ4n) is 2.01. The molecule has 2 rings (SSSR count). The first-order chi connectivity index (χ1) is 9.74. The first kappa shape index (κ1) is 13.8. The third-order valence-electron chi connectivity index (χ3n) is 3.11. The van der Waals surface area contributed by atoms with Crippen LogP contribution in [0.25, 0.3) is 5.57 Å². The molecule has 0 atom stereocenters. The molecule has 0 fully saturated rings. The molecule has 0 N–H and O–H groups in total. The van der Waals surface area contributed by atoms with Gasteiger partial charge >= 0.3 is 0 Å². The largest absolute Gasteiger partial charge is 0.288 e. The molecule has 0 saturated heterocycles. The number of rotatable bonds is 3. The molecular weight excluding hydrogens is 244 g/mol. The van der Waals surface area contributed by atoms with Crippen LogP contribution in [0.4, 0.5) is 0 Å². The van der Waals surface area contributed by atoms with Crippen molar-refractivity contribution in [3.8, 4) is 6.07 Å². The summed E-state index contributed by atoms with van der Waals surface area (Å²) >= 11 is 0. The van der Waals surface area contributed by atoms with E-state index in [1.165, 1.54) is 5.56 Å². The summed E-state index contributed by atoms with van der Waals surface area (Å²) in [5.74, 6) is 0. The lowest BCUT2D eigenvalue weighted by atomic mass is 10.0. The Kier molecular flexibility index (Phi) is 4.47. The zero-order chi connectivity index (χ0) is 14.4. The van der Waals surface area contributed by atoms with Crippen molar-refractivity contribution in [1.29, 1.82) is 5.26 Å². The average molecular weight is 260 g/mol. The maximum Gasteiger partial charge on any atom is 0.0991 e. The Labute approximate surface area is 119 Å². The van der Waals surface area contributed by atoms with Gasteiger partial charge in [0.05, 0.1) is 17.3 Å². The Bertz CT molecular complexity index is 689. The minimum Gasteiger partial charge on any atom is -0.288 e. The van der Waals surface area contributed by atoms with Gasteiger partial charge in [0.15, 0.2) is 0 Å². The minimum atomic E-state index is 0.648. The Hall–Kier alpha value is -2.66. The molecule has 2 heteroatoms. The number of hydrogen-bond donors (Lipinski definition) is 0. The van der Waals surface area contributed by atoms with Crippen LogP contribution in [0.3, 0.4) is 0 Å². The zero-order valence-electron chi connectivity index (χ0n) is 11.7. The molecule has 0 aliphatic carbocycles. The normalized spacial score (nSPS) is 12.1. The Morgan fingerprint density at radius 3 is 2.40 bits per heavy atom. The maximum absolute atomic E-state index is 8.97. The fourth-order valence-corrected chi connectivity index (χ4v) is 2.01. The van der Waals surface area contributed by atoms with Gasteiger partial charge in [-0.3, -0.25) is 4.99 Å². The van der Waals surface area contributed by atoms with Crippen molar-refractivity contribution >= 4 is 11.3 Å². The summed E-state index contributed by atoms with van der Waals surface area (Å²) < 4.78 is 0. The predicted molar refractivity (Wildman–Crippen MR) is 83.7 cm³/mol. The van der Waals surface area contributed by atoms with E-state index >= 15 is 0 Å². The molecule has 0 aliphatic rings. The van der Waals surface area contributed by atoms with E-state index in [0.717, 1.165) is 16.8 Å². The first-order valence-corrected chi connectivity index (χ1v) is 6.45. The van der Waals surface area contributed by atoms with Crippen LogP contribution in [0.2, 0.25) is 0 Å². The second-order valence-electron chi connectivity index (χ2n) is 4.49. The topological polar surface area (TPSA) is 36.1 Å². The van der Waals surface area contributed by atoms with E-state index in [9.17, 15) is 0 Å². The molecule has 2 aromatic rings. The van der Waals surface area contributed by atoms with Crippen molar-refractivity contribution in [1.82, 2.24) is 0 Å². The van der Waals surface area contributed by atoms with Crippen molar-refractivity contribution in [3.05, 3.63) is 77.4 Å². The molecule has 0 amide bonds. The Morgan fingerprint density at radius 2 is 1.75 bits per heavy atom. The van der Waals surface area contributed by atoms with Gasteiger partial charge in [0.25, 0.3) is 0 Å². The second kappa shape index (κ2) is 6.49. The highest BCUT2D eigenvalue weighted by Crippen LogP contribution is 2.15. The molecule has 0 aliphatic heterocycles. The molecule has 2 aromatic carbocycles. The Morgan fingerprint density at radius 1 is 1.05 bits per heavy atom. The van der Waals surface area contributed by atoms with E-state index in [-0.39, 0.29) is 0 Å². The van der Waals surface area contributed by atoms with Gasteiger partial charge in [0.2, 0.25) is 0 Å². The number of nitrogens with zero attached hydrogens (tertiary/aromatic N) is 2. The lowest BCUT2D eigenvalue weighted by molar-refractivity contribution is 1.42. The number of benzene rings is 2. The Balaban J connectivity index is 2.37. The van der Waals surface area contributed by atoms with Crippen LogP contribution < -0.4 is 0 Å². The standard InChI is InChI=1S/C18H16N2/c1-14(16-8-4-3-5-9-16)11-18(20-2)17-10-6-7-15(12-17)13-19/h3-12H,1-2H3/b14-11+,20-18?. The van der Waals surface area contributed by atoms with Crippen LogP contribution in [0.1, 0.15) is 23.6 Å². The number of allylic oxidation sites excluding steroid dienone is 2. The van der Waals surface area contributed by atoms with Crippen molar-refractivity contribution in [2.75, 3.05) is 7.05 Å². The van der Waals surface area contributed by atoms with Gasteiger partial charge in [-0.25, -0.2) is 0 Å². The molecular formula is C18H16N2. The van der Waals surface area contributed by atoms with Crippen LogP contribution in [0.5, 0.6) is 0 Å². The van der Waals surface area contributed by atoms with Crippen LogP contribution in [0, 0.1) is 11.3 Å². The monoisotopic (exact) mass is 260 g/mol. The third kappa shape index (κ3) is 3.21. The van der Waals surface area contributed by atoms with Crippen LogP contribution in [-0.4, -0.2) is 12.8 Å². The quantitative estimate of drug-likeness (QED) is 0.766. The van der Waals surface area contributed by atoms with Gasteiger partial charge in [0.1, 0.15) is 0 Å². The lowest BCUT2D eigenvalue weighted by Gasteiger charge is -2.05. The summed E-state index contributed by atoms with van der Waals surface area (Å²) in [4.78, 5) is 4.33. The van der Waals surface area contributed by atoms with E-state index < -0.39 is 0 Å². The predicted octanol–water partition coefficient (Wildman–Crippen LogP) is 4.08. The van der Waals surface area contributed by atoms with Crippen molar-refractivity contribution in [2.24, 2.45) is 4.99 Å². The van der Waals surface area contributed by atoms with E-state index in [2.05, 4.69) is 30.1 Å². The molecule has 0 aromatic heterocycles. The van der Waals surface area contributed by atoms with Crippen LogP contribution in [0.15, 0.2) is 65.7 Å². The SMILES string of the molecule is CN=C(/C=C(\C)c1ccccc1)c1cccc(C#N)c1. The summed E-state index contributed by atoms with van der Waals surface area (Å²) in [5.41, 5.74) is 4.80. The molecule has 0 radical (unpaired) electrons. The highest BCUT2D eigenvalue weighted by Gasteiger charge is 2.03. The smallest absolute Gasteiger partial charge is 0.0991 e. The zero-order valence-corrected chi connectivity index (χ0v) is 11.7. The van der Waals surface area contributed by atoms with Crippen molar-refractivity contribution in [3.63, 3.8) is 0 Å². The molecule has 20 heavy (non-hydrogen) atoms. The molecule has 0 saturated carbocycles. The molecule has 0 bridgehead atoms. The van der Waals surface area contributed by atoms with Crippen molar-refractivity contribution < 1.29 is 0 Å². The summed E-state index contributed by atoms with van der Waals surface area (Å²) in [6, 6.07) is 19.8. The lowest BCUT2D eigenvalue weighted by Crippen LogP contribution is -1.98. The van der Waals surface area contributed by atoms with E-state index in [4.69, 9.17) is 5.26 Å². The fraction of sp³-hybridized carbons (Fsp3) is 0.111. The van der Waals surface area contributed by atoms with Gasteiger partial charge in [0, 0.05) is 12.6 Å². The van der Waals surface area contributed by atoms with Gasteiger partial charge in [-0.1, -0.05) is 42.5 Å². The van der Waals surface area contributed by atoms with Crippen LogP contribution in [-0.2, 0) is 0 Å². The van der Waals surface area contributed by atoms with Crippen LogP contribution >= 0.6 is 0 Å². The van der Waals surface area contributed by atoms with Gasteiger partial charge in [-0.15, -0.1) is 0 Å². The van der Waals surface area contributed by atoms with E-state index in [1.807, 2.05) is 42.5 Å². The number of nitriles is 1. The molecule has 0 spiro atoms. The highest BCUT2D eigenvalue weighted by molar-refractivity contribution is 6.12. The molecule has 0 unspecified atom stereocenters. The summed E-state index contributed by atoms with van der Waals surface area (Å²) in [6.07, 6.45) is 2.05. The second-order valence-corrected chi connectivity index (χ2v) is 4.49. The average Bonchev–Trinajstić information content (AvgIpc) is 2.53. The van der Waals surface area contributed by atoms with Gasteiger partial charge in [-0.05, 0) is 36.3 Å². The maximum atomic E-state index is 8.97. The van der Waals surface area contributed by atoms with E-state index in [0.29, 0.717) is 5.56 Å². The highest BCUT2D eigenvalue weighted by atomic mass is 14.7.